The summed E-state index contributed by atoms with van der Waals surface area (Å²) in [4.78, 5) is 2.85. The van der Waals surface area contributed by atoms with Gasteiger partial charge in [-0.25, -0.2) is 0 Å². The van der Waals surface area contributed by atoms with E-state index >= 15 is 0 Å². The first-order valence-electron chi connectivity index (χ1n) is 8.03. The second-order valence-electron chi connectivity index (χ2n) is 7.01. The molecule has 0 amide bonds. The summed E-state index contributed by atoms with van der Waals surface area (Å²) in [6.45, 7) is 8.60. The first-order chi connectivity index (χ1) is 8.60. The van der Waals surface area contributed by atoms with Gasteiger partial charge in [-0.3, -0.25) is 4.90 Å². The van der Waals surface area contributed by atoms with E-state index in [1.807, 2.05) is 0 Å². The van der Waals surface area contributed by atoms with E-state index in [0.29, 0.717) is 11.5 Å². The van der Waals surface area contributed by atoms with Crippen molar-refractivity contribution in [1.29, 1.82) is 0 Å². The largest absolute Gasteiger partial charge is 0.315 e. The van der Waals surface area contributed by atoms with Crippen LogP contribution in [0.4, 0.5) is 0 Å². The van der Waals surface area contributed by atoms with Crippen molar-refractivity contribution in [1.82, 2.24) is 10.2 Å². The molecule has 0 aromatic heterocycles. The molecule has 2 fully saturated rings. The quantitative estimate of drug-likeness (QED) is 0.828. The normalized spacial score (nSPS) is 37.7. The third-order valence-corrected chi connectivity index (χ3v) is 5.43. The maximum atomic E-state index is 3.64. The Bertz CT molecular complexity index is 262. The molecule has 2 rings (SSSR count). The number of likely N-dealkylation sites (N-methyl/N-ethyl adjacent to an activating group) is 1. The van der Waals surface area contributed by atoms with Crippen LogP contribution in [0.2, 0.25) is 0 Å². The summed E-state index contributed by atoms with van der Waals surface area (Å²) >= 11 is 0. The van der Waals surface area contributed by atoms with Gasteiger partial charge in [0.25, 0.3) is 0 Å². The molecule has 0 aromatic rings. The first-order valence-corrected chi connectivity index (χ1v) is 8.03. The summed E-state index contributed by atoms with van der Waals surface area (Å²) in [7, 11) is 2.16. The maximum Gasteiger partial charge on any atom is 0.0271 e. The van der Waals surface area contributed by atoms with Crippen LogP contribution in [0.1, 0.15) is 65.7 Å². The Hall–Kier alpha value is -0.0800. The summed E-state index contributed by atoms with van der Waals surface area (Å²) in [5.74, 6) is 0. The van der Waals surface area contributed by atoms with Crippen molar-refractivity contribution in [3.8, 4) is 0 Å². The molecule has 1 heterocycles. The minimum Gasteiger partial charge on any atom is -0.315 e. The standard InChI is InChI=1S/C16H32N2/c1-5-13-9-6-7-12-18(13)14-10-8-11-16(2,3)15(14)17-4/h13-15,17H,5-12H2,1-4H3. The Morgan fingerprint density at radius 1 is 1.17 bits per heavy atom. The van der Waals surface area contributed by atoms with Gasteiger partial charge in [0, 0.05) is 18.1 Å². The van der Waals surface area contributed by atoms with Crippen LogP contribution < -0.4 is 5.32 Å². The molecule has 1 saturated carbocycles. The van der Waals surface area contributed by atoms with E-state index in [1.165, 1.54) is 51.5 Å². The molecule has 2 nitrogen and oxygen atoms in total. The molecule has 106 valence electrons. The highest BCUT2D eigenvalue weighted by Crippen LogP contribution is 2.39. The fourth-order valence-electron chi connectivity index (χ4n) is 4.45. The van der Waals surface area contributed by atoms with Crippen molar-refractivity contribution < 1.29 is 0 Å². The van der Waals surface area contributed by atoms with Gasteiger partial charge in [-0.1, -0.05) is 33.6 Å². The van der Waals surface area contributed by atoms with Crippen LogP contribution in [-0.4, -0.2) is 36.6 Å². The van der Waals surface area contributed by atoms with Gasteiger partial charge in [0.05, 0.1) is 0 Å². The highest BCUT2D eigenvalue weighted by atomic mass is 15.2. The predicted octanol–water partition coefficient (Wildman–Crippen LogP) is 3.42. The van der Waals surface area contributed by atoms with Gasteiger partial charge >= 0.3 is 0 Å². The molecular weight excluding hydrogens is 220 g/mol. The third-order valence-electron chi connectivity index (χ3n) is 5.43. The minimum atomic E-state index is 0.452. The predicted molar refractivity (Wildman–Crippen MR) is 78.9 cm³/mol. The van der Waals surface area contributed by atoms with E-state index in [4.69, 9.17) is 0 Å². The molecule has 1 aliphatic heterocycles. The monoisotopic (exact) mass is 252 g/mol. The smallest absolute Gasteiger partial charge is 0.0271 e. The Balaban J connectivity index is 2.13. The average molecular weight is 252 g/mol. The summed E-state index contributed by atoms with van der Waals surface area (Å²) in [5.41, 5.74) is 0.452. The molecular formula is C16H32N2. The summed E-state index contributed by atoms with van der Waals surface area (Å²) in [6.07, 6.45) is 9.77. The fraction of sp³-hybridized carbons (Fsp3) is 1.00. The Labute approximate surface area is 114 Å². The lowest BCUT2D eigenvalue weighted by molar-refractivity contribution is 0.00852. The van der Waals surface area contributed by atoms with Crippen molar-refractivity contribution in [3.63, 3.8) is 0 Å². The maximum absolute atomic E-state index is 3.64. The number of likely N-dealkylation sites (tertiary alicyclic amines) is 1. The second-order valence-corrected chi connectivity index (χ2v) is 7.01. The molecule has 18 heavy (non-hydrogen) atoms. The summed E-state index contributed by atoms with van der Waals surface area (Å²) in [5, 5.41) is 3.64. The zero-order valence-corrected chi connectivity index (χ0v) is 12.8. The highest BCUT2D eigenvalue weighted by Gasteiger charge is 2.42. The molecule has 1 saturated heterocycles. The van der Waals surface area contributed by atoms with Crippen LogP contribution in [0.3, 0.4) is 0 Å². The topological polar surface area (TPSA) is 15.3 Å². The zero-order chi connectivity index (χ0) is 13.2. The number of piperidine rings is 1. The van der Waals surface area contributed by atoms with Crippen molar-refractivity contribution in [2.24, 2.45) is 5.41 Å². The number of hydrogen-bond acceptors (Lipinski definition) is 2. The first kappa shape index (κ1) is 14.3. The lowest BCUT2D eigenvalue weighted by atomic mass is 9.69. The molecule has 0 spiro atoms. The average Bonchev–Trinajstić information content (AvgIpc) is 2.37. The fourth-order valence-corrected chi connectivity index (χ4v) is 4.45. The zero-order valence-electron chi connectivity index (χ0n) is 12.8. The molecule has 0 radical (unpaired) electrons. The van der Waals surface area contributed by atoms with Crippen LogP contribution in [0, 0.1) is 5.41 Å². The summed E-state index contributed by atoms with van der Waals surface area (Å²) in [6, 6.07) is 2.27. The van der Waals surface area contributed by atoms with E-state index in [0.717, 1.165) is 12.1 Å². The summed E-state index contributed by atoms with van der Waals surface area (Å²) < 4.78 is 0. The van der Waals surface area contributed by atoms with Gasteiger partial charge in [0.1, 0.15) is 0 Å². The molecule has 1 N–H and O–H groups in total. The van der Waals surface area contributed by atoms with Crippen LogP contribution in [0.5, 0.6) is 0 Å². The number of nitrogens with zero attached hydrogens (tertiary/aromatic N) is 1. The lowest BCUT2D eigenvalue weighted by Gasteiger charge is -2.51. The van der Waals surface area contributed by atoms with E-state index < -0.39 is 0 Å². The Morgan fingerprint density at radius 2 is 1.94 bits per heavy atom. The Kier molecular flexibility index (Phi) is 4.71. The molecule has 3 unspecified atom stereocenters. The van der Waals surface area contributed by atoms with Crippen molar-refractivity contribution in [2.75, 3.05) is 13.6 Å². The van der Waals surface area contributed by atoms with Gasteiger partial charge in [0.15, 0.2) is 0 Å². The van der Waals surface area contributed by atoms with Crippen LogP contribution in [0.25, 0.3) is 0 Å². The van der Waals surface area contributed by atoms with Crippen molar-refractivity contribution in [3.05, 3.63) is 0 Å². The molecule has 0 aromatic carbocycles. The molecule has 1 aliphatic carbocycles. The van der Waals surface area contributed by atoms with E-state index in [2.05, 4.69) is 38.0 Å². The van der Waals surface area contributed by atoms with Gasteiger partial charge in [0.2, 0.25) is 0 Å². The Morgan fingerprint density at radius 3 is 2.61 bits per heavy atom. The molecule has 2 heteroatoms. The molecule has 3 atom stereocenters. The van der Waals surface area contributed by atoms with Gasteiger partial charge in [-0.15, -0.1) is 0 Å². The van der Waals surface area contributed by atoms with E-state index in [9.17, 15) is 0 Å². The van der Waals surface area contributed by atoms with Gasteiger partial charge in [-0.05, 0) is 51.1 Å². The van der Waals surface area contributed by atoms with Crippen LogP contribution in [0.15, 0.2) is 0 Å². The lowest BCUT2D eigenvalue weighted by Crippen LogP contribution is -2.60. The second kappa shape index (κ2) is 5.92. The van der Waals surface area contributed by atoms with Crippen LogP contribution >= 0.6 is 0 Å². The number of rotatable bonds is 3. The minimum absolute atomic E-state index is 0.452. The SMILES string of the molecule is CCC1CCCCN1C1CCCC(C)(C)C1NC. The molecule has 0 bridgehead atoms. The molecule has 2 aliphatic rings. The third kappa shape index (κ3) is 2.75. The highest BCUT2D eigenvalue weighted by molar-refractivity contribution is 4.99. The van der Waals surface area contributed by atoms with Crippen molar-refractivity contribution in [2.45, 2.75) is 83.8 Å². The van der Waals surface area contributed by atoms with E-state index in [1.54, 1.807) is 0 Å². The van der Waals surface area contributed by atoms with Crippen molar-refractivity contribution >= 4 is 0 Å². The number of nitrogens with one attached hydrogen (secondary N) is 1. The van der Waals surface area contributed by atoms with Crippen LogP contribution in [-0.2, 0) is 0 Å². The van der Waals surface area contributed by atoms with E-state index in [-0.39, 0.29) is 0 Å². The number of hydrogen-bond donors (Lipinski definition) is 1. The van der Waals surface area contributed by atoms with Gasteiger partial charge in [-0.2, -0.15) is 0 Å². The van der Waals surface area contributed by atoms with Gasteiger partial charge < -0.3 is 5.32 Å².